The van der Waals surface area contributed by atoms with Crippen molar-refractivity contribution in [3.63, 3.8) is 0 Å². The topological polar surface area (TPSA) is 60.9 Å². The summed E-state index contributed by atoms with van der Waals surface area (Å²) in [6, 6.07) is -0.139. The van der Waals surface area contributed by atoms with E-state index in [2.05, 4.69) is 11.6 Å². The Bertz CT molecular complexity index is 385. The van der Waals surface area contributed by atoms with Crippen molar-refractivity contribution < 1.29 is 0 Å². The molecular formula is C8H10ClN3O. The van der Waals surface area contributed by atoms with Gasteiger partial charge in [0.05, 0.1) is 12.4 Å². The highest BCUT2D eigenvalue weighted by molar-refractivity contribution is 6.31. The standard InChI is InChI=1S/C8H10ClN3O/c1-3-5(2)12-4-11-7(9)6(10)8(12)13/h3-5H,1,10H2,2H3. The van der Waals surface area contributed by atoms with Crippen molar-refractivity contribution in [2.24, 2.45) is 0 Å². The zero-order chi connectivity index (χ0) is 10.0. The molecule has 0 aliphatic carbocycles. The van der Waals surface area contributed by atoms with E-state index in [1.54, 1.807) is 6.08 Å². The highest BCUT2D eigenvalue weighted by atomic mass is 35.5. The second-order valence-electron chi connectivity index (χ2n) is 2.64. The number of nitrogens with two attached hydrogens (primary N) is 1. The summed E-state index contributed by atoms with van der Waals surface area (Å²) in [5, 5.41) is 0.0394. The van der Waals surface area contributed by atoms with Gasteiger partial charge in [0, 0.05) is 0 Å². The van der Waals surface area contributed by atoms with Crippen LogP contribution >= 0.6 is 11.6 Å². The van der Waals surface area contributed by atoms with Crippen LogP contribution < -0.4 is 11.3 Å². The van der Waals surface area contributed by atoms with Crippen molar-refractivity contribution in [3.05, 3.63) is 34.5 Å². The van der Waals surface area contributed by atoms with Crippen LogP contribution in [-0.2, 0) is 0 Å². The van der Waals surface area contributed by atoms with Crippen LogP contribution in [0.1, 0.15) is 13.0 Å². The first-order valence-electron chi connectivity index (χ1n) is 3.72. The molecule has 1 aromatic heterocycles. The summed E-state index contributed by atoms with van der Waals surface area (Å²) < 4.78 is 1.37. The van der Waals surface area contributed by atoms with Crippen LogP contribution in [0.3, 0.4) is 0 Å². The molecular weight excluding hydrogens is 190 g/mol. The van der Waals surface area contributed by atoms with E-state index in [0.717, 1.165) is 0 Å². The van der Waals surface area contributed by atoms with Gasteiger partial charge in [-0.3, -0.25) is 9.36 Å². The van der Waals surface area contributed by atoms with Crippen LogP contribution in [0.2, 0.25) is 5.15 Å². The van der Waals surface area contributed by atoms with Crippen molar-refractivity contribution in [2.45, 2.75) is 13.0 Å². The number of hydrogen-bond donors (Lipinski definition) is 1. The fraction of sp³-hybridized carbons (Fsp3) is 0.250. The molecule has 0 bridgehead atoms. The third kappa shape index (κ3) is 1.72. The van der Waals surface area contributed by atoms with Gasteiger partial charge < -0.3 is 5.73 Å². The van der Waals surface area contributed by atoms with Crippen molar-refractivity contribution in [1.82, 2.24) is 9.55 Å². The Morgan fingerprint density at radius 2 is 2.46 bits per heavy atom. The van der Waals surface area contributed by atoms with Gasteiger partial charge in [0.2, 0.25) is 0 Å². The molecule has 1 heterocycles. The van der Waals surface area contributed by atoms with Gasteiger partial charge in [-0.1, -0.05) is 17.7 Å². The van der Waals surface area contributed by atoms with E-state index in [0.29, 0.717) is 0 Å². The molecule has 1 rings (SSSR count). The monoisotopic (exact) mass is 199 g/mol. The van der Waals surface area contributed by atoms with E-state index in [9.17, 15) is 4.79 Å². The minimum atomic E-state index is -0.340. The number of aromatic nitrogens is 2. The molecule has 1 aromatic rings. The fourth-order valence-electron chi connectivity index (χ4n) is 0.866. The third-order valence-corrected chi connectivity index (χ3v) is 2.06. The van der Waals surface area contributed by atoms with Gasteiger partial charge in [0.25, 0.3) is 5.56 Å². The highest BCUT2D eigenvalue weighted by Gasteiger charge is 2.08. The minimum absolute atomic E-state index is 0.0298. The first-order valence-corrected chi connectivity index (χ1v) is 4.10. The molecule has 0 aromatic carbocycles. The number of rotatable bonds is 2. The van der Waals surface area contributed by atoms with Gasteiger partial charge in [-0.15, -0.1) is 6.58 Å². The van der Waals surface area contributed by atoms with Gasteiger partial charge in [0.1, 0.15) is 5.69 Å². The van der Waals surface area contributed by atoms with E-state index in [4.69, 9.17) is 17.3 Å². The van der Waals surface area contributed by atoms with E-state index >= 15 is 0 Å². The molecule has 0 saturated heterocycles. The lowest BCUT2D eigenvalue weighted by molar-refractivity contribution is 0.624. The summed E-state index contributed by atoms with van der Waals surface area (Å²) in [4.78, 5) is 15.2. The zero-order valence-electron chi connectivity index (χ0n) is 7.20. The molecule has 1 unspecified atom stereocenters. The molecule has 13 heavy (non-hydrogen) atoms. The summed E-state index contributed by atoms with van der Waals surface area (Å²) in [7, 11) is 0. The Morgan fingerprint density at radius 1 is 1.85 bits per heavy atom. The normalized spacial score (nSPS) is 12.5. The number of hydrogen-bond acceptors (Lipinski definition) is 3. The Hall–Kier alpha value is -1.29. The lowest BCUT2D eigenvalue weighted by Crippen LogP contribution is -2.25. The Morgan fingerprint density at radius 3 is 3.00 bits per heavy atom. The summed E-state index contributed by atoms with van der Waals surface area (Å²) in [5.74, 6) is 0. The number of nitrogens with zero attached hydrogens (tertiary/aromatic N) is 2. The van der Waals surface area contributed by atoms with Gasteiger partial charge in [-0.05, 0) is 6.92 Å². The molecule has 0 radical (unpaired) electrons. The smallest absolute Gasteiger partial charge is 0.278 e. The van der Waals surface area contributed by atoms with E-state index in [1.165, 1.54) is 10.9 Å². The quantitative estimate of drug-likeness (QED) is 0.576. The maximum absolute atomic E-state index is 11.5. The molecule has 0 saturated carbocycles. The largest absolute Gasteiger partial charge is 0.392 e. The molecule has 0 aliphatic rings. The van der Waals surface area contributed by atoms with Crippen molar-refractivity contribution in [1.29, 1.82) is 0 Å². The van der Waals surface area contributed by atoms with Gasteiger partial charge in [-0.2, -0.15) is 0 Å². The summed E-state index contributed by atoms with van der Waals surface area (Å²) in [6.45, 7) is 5.38. The van der Waals surface area contributed by atoms with Gasteiger partial charge in [-0.25, -0.2) is 4.98 Å². The molecule has 4 nitrogen and oxygen atoms in total. The second-order valence-corrected chi connectivity index (χ2v) is 3.00. The molecule has 0 fully saturated rings. The van der Waals surface area contributed by atoms with E-state index in [-0.39, 0.29) is 22.4 Å². The van der Waals surface area contributed by atoms with Crippen molar-refractivity contribution >= 4 is 17.3 Å². The predicted molar refractivity (Wildman–Crippen MR) is 52.8 cm³/mol. The van der Waals surface area contributed by atoms with Crippen molar-refractivity contribution in [2.75, 3.05) is 5.73 Å². The average Bonchev–Trinajstić information content (AvgIpc) is 2.13. The average molecular weight is 200 g/mol. The molecule has 5 heteroatoms. The second kappa shape index (κ2) is 3.62. The molecule has 70 valence electrons. The summed E-state index contributed by atoms with van der Waals surface area (Å²) in [5.41, 5.74) is 5.04. The maximum atomic E-state index is 11.5. The molecule has 0 spiro atoms. The van der Waals surface area contributed by atoms with Crippen molar-refractivity contribution in [3.8, 4) is 0 Å². The SMILES string of the molecule is C=CC(C)n1cnc(Cl)c(N)c1=O. The molecule has 1 atom stereocenters. The lowest BCUT2D eigenvalue weighted by Gasteiger charge is -2.10. The molecule has 0 amide bonds. The van der Waals surface area contributed by atoms with Gasteiger partial charge in [0.15, 0.2) is 5.15 Å². The lowest BCUT2D eigenvalue weighted by atomic mass is 10.3. The number of halogens is 1. The minimum Gasteiger partial charge on any atom is -0.392 e. The van der Waals surface area contributed by atoms with E-state index < -0.39 is 0 Å². The van der Waals surface area contributed by atoms with Gasteiger partial charge >= 0.3 is 0 Å². The molecule has 2 N–H and O–H groups in total. The number of anilines is 1. The van der Waals surface area contributed by atoms with Crippen LogP contribution in [0, 0.1) is 0 Å². The third-order valence-electron chi connectivity index (χ3n) is 1.76. The first kappa shape index (κ1) is 9.80. The number of allylic oxidation sites excluding steroid dienone is 1. The van der Waals surface area contributed by atoms with Crippen LogP contribution in [0.5, 0.6) is 0 Å². The Kier molecular flexibility index (Phi) is 2.72. The highest BCUT2D eigenvalue weighted by Crippen LogP contribution is 2.10. The van der Waals surface area contributed by atoms with Crippen LogP contribution in [0.4, 0.5) is 5.69 Å². The predicted octanol–water partition coefficient (Wildman–Crippen LogP) is 1.23. The van der Waals surface area contributed by atoms with Crippen LogP contribution in [0.25, 0.3) is 0 Å². The Balaban J connectivity index is 3.34. The van der Waals surface area contributed by atoms with Crippen LogP contribution in [0.15, 0.2) is 23.8 Å². The van der Waals surface area contributed by atoms with E-state index in [1.807, 2.05) is 6.92 Å². The zero-order valence-corrected chi connectivity index (χ0v) is 7.95. The number of nitrogen functional groups attached to an aromatic ring is 1. The summed E-state index contributed by atoms with van der Waals surface area (Å²) >= 11 is 5.56. The maximum Gasteiger partial charge on any atom is 0.278 e. The first-order chi connectivity index (χ1) is 6.07. The fourth-order valence-corrected chi connectivity index (χ4v) is 0.990. The van der Waals surface area contributed by atoms with Crippen LogP contribution in [-0.4, -0.2) is 9.55 Å². The Labute approximate surface area is 80.7 Å². The molecule has 0 aliphatic heterocycles. The summed E-state index contributed by atoms with van der Waals surface area (Å²) in [6.07, 6.45) is 2.98.